The summed E-state index contributed by atoms with van der Waals surface area (Å²) in [7, 11) is 1.76. The number of guanidine groups is 1. The van der Waals surface area contributed by atoms with Crippen molar-refractivity contribution in [3.05, 3.63) is 36.0 Å². The van der Waals surface area contributed by atoms with E-state index < -0.39 is 0 Å². The zero-order valence-corrected chi connectivity index (χ0v) is 16.7. The second-order valence-corrected chi connectivity index (χ2v) is 5.59. The lowest BCUT2D eigenvalue weighted by Gasteiger charge is -2.37. The smallest absolute Gasteiger partial charge is 0.223 e. The number of nitrogens with one attached hydrogen (secondary N) is 1. The average molecular weight is 458 g/mol. The van der Waals surface area contributed by atoms with Gasteiger partial charge in [0.05, 0.1) is 12.2 Å². The van der Waals surface area contributed by atoms with Crippen LogP contribution in [-0.2, 0) is 6.54 Å². The van der Waals surface area contributed by atoms with Crippen LogP contribution in [0.2, 0.25) is 0 Å². The number of phenolic OH excluding ortho intramolecular Hbond substituents is 1. The second kappa shape index (κ2) is 8.88. The molecule has 25 heavy (non-hydrogen) atoms. The van der Waals surface area contributed by atoms with Gasteiger partial charge in [-0.15, -0.1) is 24.0 Å². The number of aryl methyl sites for hydroxylation is 1. The lowest BCUT2D eigenvalue weighted by atomic mass is 10.2. The summed E-state index contributed by atoms with van der Waals surface area (Å²) in [4.78, 5) is 12.9. The number of hydrogen-bond acceptors (Lipinski definition) is 6. The largest absolute Gasteiger partial charge is 0.506 e. The van der Waals surface area contributed by atoms with Crippen LogP contribution in [0.5, 0.6) is 5.75 Å². The van der Waals surface area contributed by atoms with Gasteiger partial charge in [0, 0.05) is 40.2 Å². The third-order valence-electron chi connectivity index (χ3n) is 3.99. The summed E-state index contributed by atoms with van der Waals surface area (Å²) in [6.07, 6.45) is 0. The monoisotopic (exact) mass is 458 g/mol. The SMILES string of the molecule is CN=C(NCc1noc(C)n1)N1CCN(c2ccccc2O)CC1.I. The molecule has 0 radical (unpaired) electrons. The average Bonchev–Trinajstić information content (AvgIpc) is 3.02. The van der Waals surface area contributed by atoms with Gasteiger partial charge in [-0.05, 0) is 12.1 Å². The van der Waals surface area contributed by atoms with Gasteiger partial charge in [0.15, 0.2) is 11.8 Å². The van der Waals surface area contributed by atoms with Crippen molar-refractivity contribution in [2.45, 2.75) is 13.5 Å². The summed E-state index contributed by atoms with van der Waals surface area (Å²) >= 11 is 0. The van der Waals surface area contributed by atoms with Crippen LogP contribution in [0.1, 0.15) is 11.7 Å². The molecule has 2 heterocycles. The molecule has 0 unspecified atom stereocenters. The number of benzene rings is 1. The predicted octanol–water partition coefficient (Wildman–Crippen LogP) is 1.60. The molecular weight excluding hydrogens is 435 g/mol. The standard InChI is InChI=1S/C16H22N6O2.HI/c1-12-19-15(20-24-12)11-18-16(17-2)22-9-7-21(8-10-22)13-5-3-4-6-14(13)23;/h3-6,23H,7-11H2,1-2H3,(H,17,18);1H. The Hall–Kier alpha value is -2.04. The van der Waals surface area contributed by atoms with E-state index in [0.29, 0.717) is 24.0 Å². The lowest BCUT2D eigenvalue weighted by molar-refractivity contribution is 0.367. The molecule has 1 aromatic carbocycles. The van der Waals surface area contributed by atoms with E-state index in [2.05, 4.69) is 30.2 Å². The maximum atomic E-state index is 9.98. The van der Waals surface area contributed by atoms with Crippen LogP contribution in [0.25, 0.3) is 0 Å². The molecule has 1 aromatic heterocycles. The Balaban J connectivity index is 0.00000225. The molecule has 0 bridgehead atoms. The van der Waals surface area contributed by atoms with Crippen LogP contribution in [-0.4, -0.2) is 59.3 Å². The zero-order chi connectivity index (χ0) is 16.9. The number of phenols is 1. The molecule has 3 rings (SSSR count). The Bertz CT molecular complexity index is 712. The summed E-state index contributed by atoms with van der Waals surface area (Å²) in [5.74, 6) is 2.30. The fourth-order valence-electron chi connectivity index (χ4n) is 2.79. The lowest BCUT2D eigenvalue weighted by Crippen LogP contribution is -2.52. The van der Waals surface area contributed by atoms with Crippen LogP contribution in [0, 0.1) is 6.92 Å². The van der Waals surface area contributed by atoms with Crippen molar-refractivity contribution in [3.8, 4) is 5.75 Å². The minimum atomic E-state index is 0. The fourth-order valence-corrected chi connectivity index (χ4v) is 2.79. The Morgan fingerprint density at radius 3 is 2.60 bits per heavy atom. The first-order valence-corrected chi connectivity index (χ1v) is 7.95. The summed E-state index contributed by atoms with van der Waals surface area (Å²) in [5, 5.41) is 17.1. The van der Waals surface area contributed by atoms with Crippen LogP contribution in [0.4, 0.5) is 5.69 Å². The molecule has 1 aliphatic rings. The minimum absolute atomic E-state index is 0. The van der Waals surface area contributed by atoms with E-state index in [1.165, 1.54) is 0 Å². The van der Waals surface area contributed by atoms with Crippen molar-refractivity contribution in [2.75, 3.05) is 38.1 Å². The number of nitrogens with zero attached hydrogens (tertiary/aromatic N) is 5. The van der Waals surface area contributed by atoms with Crippen molar-refractivity contribution in [3.63, 3.8) is 0 Å². The molecule has 2 N–H and O–H groups in total. The third kappa shape index (κ3) is 4.74. The highest BCUT2D eigenvalue weighted by molar-refractivity contribution is 14.0. The van der Waals surface area contributed by atoms with Gasteiger partial charge in [-0.1, -0.05) is 17.3 Å². The Labute approximate surface area is 163 Å². The summed E-state index contributed by atoms with van der Waals surface area (Å²) < 4.78 is 4.97. The molecule has 0 aliphatic carbocycles. The van der Waals surface area contributed by atoms with Crippen LogP contribution < -0.4 is 10.2 Å². The molecular formula is C16H23IN6O2. The normalized spacial score (nSPS) is 15.0. The summed E-state index contributed by atoms with van der Waals surface area (Å²) in [6, 6.07) is 7.43. The van der Waals surface area contributed by atoms with Gasteiger partial charge in [-0.2, -0.15) is 4.98 Å². The van der Waals surface area contributed by atoms with E-state index in [1.54, 1.807) is 20.0 Å². The van der Waals surface area contributed by atoms with Gasteiger partial charge < -0.3 is 24.7 Å². The minimum Gasteiger partial charge on any atom is -0.506 e. The van der Waals surface area contributed by atoms with E-state index in [0.717, 1.165) is 37.8 Å². The molecule has 0 atom stereocenters. The molecule has 1 aliphatic heterocycles. The van der Waals surface area contributed by atoms with Gasteiger partial charge in [0.1, 0.15) is 5.75 Å². The van der Waals surface area contributed by atoms with Crippen molar-refractivity contribution in [1.29, 1.82) is 0 Å². The Morgan fingerprint density at radius 1 is 1.28 bits per heavy atom. The zero-order valence-electron chi connectivity index (χ0n) is 14.3. The van der Waals surface area contributed by atoms with Crippen LogP contribution in [0.3, 0.4) is 0 Å². The second-order valence-electron chi connectivity index (χ2n) is 5.59. The number of hydrogen-bond donors (Lipinski definition) is 2. The van der Waals surface area contributed by atoms with Crippen molar-refractivity contribution in [1.82, 2.24) is 20.4 Å². The van der Waals surface area contributed by atoms with E-state index >= 15 is 0 Å². The van der Waals surface area contributed by atoms with Crippen molar-refractivity contribution in [2.24, 2.45) is 4.99 Å². The van der Waals surface area contributed by atoms with Crippen molar-refractivity contribution >= 4 is 35.6 Å². The topological polar surface area (TPSA) is 90.0 Å². The molecule has 1 saturated heterocycles. The van der Waals surface area contributed by atoms with E-state index in [9.17, 15) is 5.11 Å². The van der Waals surface area contributed by atoms with Gasteiger partial charge >= 0.3 is 0 Å². The molecule has 8 nitrogen and oxygen atoms in total. The van der Waals surface area contributed by atoms with Crippen molar-refractivity contribution < 1.29 is 9.63 Å². The number of rotatable bonds is 3. The highest BCUT2D eigenvalue weighted by Crippen LogP contribution is 2.27. The molecule has 1 fully saturated rings. The van der Waals surface area contributed by atoms with Gasteiger partial charge in [-0.25, -0.2) is 0 Å². The first-order chi connectivity index (χ1) is 11.7. The number of aromatic hydroxyl groups is 1. The summed E-state index contributed by atoms with van der Waals surface area (Å²) in [6.45, 7) is 5.52. The first-order valence-electron chi connectivity index (χ1n) is 7.95. The molecule has 0 saturated carbocycles. The van der Waals surface area contributed by atoms with Crippen LogP contribution in [0.15, 0.2) is 33.8 Å². The fraction of sp³-hybridized carbons (Fsp3) is 0.438. The van der Waals surface area contributed by atoms with Gasteiger partial charge in [0.25, 0.3) is 0 Å². The molecule has 9 heteroatoms. The quantitative estimate of drug-likeness (QED) is 0.410. The maximum absolute atomic E-state index is 9.98. The summed E-state index contributed by atoms with van der Waals surface area (Å²) in [5.41, 5.74) is 0.877. The highest BCUT2D eigenvalue weighted by atomic mass is 127. The number of aromatic nitrogens is 2. The van der Waals surface area contributed by atoms with E-state index in [1.807, 2.05) is 18.2 Å². The van der Waals surface area contributed by atoms with Crippen LogP contribution >= 0.6 is 24.0 Å². The molecule has 0 amide bonds. The number of piperazine rings is 1. The number of halogens is 1. The predicted molar refractivity (Wildman–Crippen MR) is 107 cm³/mol. The highest BCUT2D eigenvalue weighted by Gasteiger charge is 2.21. The van der Waals surface area contributed by atoms with Gasteiger partial charge in [-0.3, -0.25) is 4.99 Å². The molecule has 2 aromatic rings. The Morgan fingerprint density at radius 2 is 2.00 bits per heavy atom. The van der Waals surface area contributed by atoms with Gasteiger partial charge in [0.2, 0.25) is 5.89 Å². The Kier molecular flexibility index (Phi) is 6.85. The molecule has 136 valence electrons. The third-order valence-corrected chi connectivity index (χ3v) is 3.99. The number of aliphatic imine (C=N–C) groups is 1. The first kappa shape index (κ1) is 19.3. The molecule has 0 spiro atoms. The van der Waals surface area contributed by atoms with E-state index in [-0.39, 0.29) is 24.0 Å². The number of para-hydroxylation sites is 2. The number of anilines is 1. The maximum Gasteiger partial charge on any atom is 0.223 e. The van der Waals surface area contributed by atoms with E-state index in [4.69, 9.17) is 4.52 Å².